The number of rotatable bonds is 2. The zero-order valence-electron chi connectivity index (χ0n) is 12.0. The van der Waals surface area contributed by atoms with Gasteiger partial charge in [-0.15, -0.1) is 0 Å². The van der Waals surface area contributed by atoms with Crippen molar-refractivity contribution >= 4 is 44.9 Å². The number of ether oxygens (including phenoxy) is 1. The Kier molecular flexibility index (Phi) is 6.08. The molecular weight excluding hydrogens is 342 g/mol. The Morgan fingerprint density at radius 3 is 2.50 bits per heavy atom. The molecule has 0 radical (unpaired) electrons. The van der Waals surface area contributed by atoms with Gasteiger partial charge in [0.25, 0.3) is 6.47 Å². The van der Waals surface area contributed by atoms with Crippen LogP contribution in [0.4, 0.5) is 0 Å². The van der Waals surface area contributed by atoms with E-state index < -0.39 is 0 Å². The molecule has 3 nitrogen and oxygen atoms in total. The number of benzene rings is 1. The normalized spacial score (nSPS) is 12.5. The minimum Gasteiger partial charge on any atom is -0.462 e. The molecule has 2 aromatic rings. The van der Waals surface area contributed by atoms with Crippen LogP contribution in [0.25, 0.3) is 10.9 Å². The first kappa shape index (κ1) is 17.1. The van der Waals surface area contributed by atoms with E-state index in [1.54, 1.807) is 0 Å². The van der Waals surface area contributed by atoms with E-state index in [0.29, 0.717) is 11.3 Å². The molecule has 1 aromatic carbocycles. The monoisotopic (exact) mass is 359 g/mol. The maximum atomic E-state index is 9.60. The summed E-state index contributed by atoms with van der Waals surface area (Å²) >= 11 is 9.42. The molecule has 1 atom stereocenters. The summed E-state index contributed by atoms with van der Waals surface area (Å²) in [6, 6.07) is 5.90. The van der Waals surface area contributed by atoms with Gasteiger partial charge in [0, 0.05) is 26.9 Å². The summed E-state index contributed by atoms with van der Waals surface area (Å²) in [5.74, 6) is 0. The molecule has 1 heterocycles. The van der Waals surface area contributed by atoms with E-state index in [-0.39, 0.29) is 5.60 Å². The number of H-pyrrole nitrogens is 1. The highest BCUT2D eigenvalue weighted by molar-refractivity contribution is 9.09. The molecule has 0 aliphatic heterocycles. The van der Waals surface area contributed by atoms with E-state index in [4.69, 9.17) is 11.6 Å². The van der Waals surface area contributed by atoms with Crippen molar-refractivity contribution in [3.8, 4) is 0 Å². The highest BCUT2D eigenvalue weighted by Crippen LogP contribution is 2.30. The molecular formula is C15H19BrClNO2. The van der Waals surface area contributed by atoms with Crippen LogP contribution in [-0.4, -0.2) is 17.1 Å². The minimum atomic E-state index is -0.318. The summed E-state index contributed by atoms with van der Waals surface area (Å²) in [7, 11) is 0. The zero-order chi connectivity index (χ0) is 15.3. The van der Waals surface area contributed by atoms with Gasteiger partial charge >= 0.3 is 0 Å². The van der Waals surface area contributed by atoms with Gasteiger partial charge in [-0.3, -0.25) is 4.79 Å². The summed E-state index contributed by atoms with van der Waals surface area (Å²) in [6.45, 7) is 8.03. The van der Waals surface area contributed by atoms with Crippen LogP contribution in [0.3, 0.4) is 0 Å². The van der Waals surface area contributed by atoms with Gasteiger partial charge in [0.15, 0.2) is 0 Å². The van der Waals surface area contributed by atoms with Crippen LogP contribution in [0.5, 0.6) is 0 Å². The van der Waals surface area contributed by atoms with Crippen molar-refractivity contribution in [3.63, 3.8) is 0 Å². The molecule has 0 aliphatic carbocycles. The number of carbonyl (C=O) groups excluding carboxylic acids is 1. The third-order valence-corrected chi connectivity index (χ3v) is 3.23. The predicted molar refractivity (Wildman–Crippen MR) is 87.6 cm³/mol. The molecule has 0 aliphatic rings. The van der Waals surface area contributed by atoms with Crippen molar-refractivity contribution in [2.24, 2.45) is 0 Å². The summed E-state index contributed by atoms with van der Waals surface area (Å²) in [6.07, 6.45) is 2.01. The van der Waals surface area contributed by atoms with Gasteiger partial charge in [-0.2, -0.15) is 0 Å². The van der Waals surface area contributed by atoms with Gasteiger partial charge in [-0.25, -0.2) is 0 Å². The highest BCUT2D eigenvalue weighted by atomic mass is 79.9. The van der Waals surface area contributed by atoms with Crippen molar-refractivity contribution < 1.29 is 9.53 Å². The number of fused-ring (bicyclic) bond motifs is 1. The summed E-state index contributed by atoms with van der Waals surface area (Å²) in [4.78, 5) is 13.2. The number of halogens is 2. The molecule has 0 saturated heterocycles. The lowest BCUT2D eigenvalue weighted by Crippen LogP contribution is -2.17. The van der Waals surface area contributed by atoms with Crippen molar-refractivity contribution in [1.29, 1.82) is 0 Å². The van der Waals surface area contributed by atoms with Crippen LogP contribution in [0.2, 0.25) is 5.02 Å². The Balaban J connectivity index is 0.000000246. The third-order valence-electron chi connectivity index (χ3n) is 2.51. The van der Waals surface area contributed by atoms with E-state index in [0.717, 1.165) is 10.5 Å². The first-order valence-corrected chi connectivity index (χ1v) is 7.56. The lowest BCUT2D eigenvalue weighted by atomic mass is 10.1. The van der Waals surface area contributed by atoms with E-state index in [1.807, 2.05) is 45.2 Å². The van der Waals surface area contributed by atoms with E-state index >= 15 is 0 Å². The van der Waals surface area contributed by atoms with Crippen LogP contribution in [-0.2, 0) is 9.53 Å². The van der Waals surface area contributed by atoms with Gasteiger partial charge in [0.05, 0.1) is 0 Å². The minimum absolute atomic E-state index is 0.318. The fraction of sp³-hybridized carbons (Fsp3) is 0.400. The number of alkyl halides is 1. The molecule has 110 valence electrons. The Hall–Kier alpha value is -1.00. The maximum absolute atomic E-state index is 9.60. The predicted octanol–water partition coefficient (Wildman–Crippen LogP) is 5.24. The van der Waals surface area contributed by atoms with Crippen LogP contribution in [0.1, 0.15) is 38.1 Å². The SMILES string of the molecule is CC(Br)c1c[nH]c2cc(Cl)ccc12.CC(C)(C)OC=O. The lowest BCUT2D eigenvalue weighted by Gasteiger charge is -2.14. The average Bonchev–Trinajstić information content (AvgIpc) is 2.70. The molecule has 2 rings (SSSR count). The van der Waals surface area contributed by atoms with Gasteiger partial charge in [0.1, 0.15) is 5.60 Å². The van der Waals surface area contributed by atoms with Crippen molar-refractivity contribution in [2.45, 2.75) is 38.1 Å². The highest BCUT2D eigenvalue weighted by Gasteiger charge is 2.08. The Morgan fingerprint density at radius 1 is 1.40 bits per heavy atom. The standard InChI is InChI=1S/C10H9BrClN.C5H10O2/c1-6(11)9-5-13-10-4-7(12)2-3-8(9)10;1-5(2,3)7-4-6/h2-6,13H,1H3;4H,1-3H3. The van der Waals surface area contributed by atoms with Crippen LogP contribution in [0, 0.1) is 0 Å². The first-order valence-electron chi connectivity index (χ1n) is 6.26. The topological polar surface area (TPSA) is 42.1 Å². The molecule has 0 saturated carbocycles. The van der Waals surface area contributed by atoms with E-state index in [1.165, 1.54) is 10.9 Å². The molecule has 0 amide bonds. The van der Waals surface area contributed by atoms with Gasteiger partial charge < -0.3 is 9.72 Å². The van der Waals surface area contributed by atoms with Gasteiger partial charge in [0.2, 0.25) is 0 Å². The maximum Gasteiger partial charge on any atom is 0.293 e. The summed E-state index contributed by atoms with van der Waals surface area (Å²) in [5.41, 5.74) is 2.04. The molecule has 1 aromatic heterocycles. The molecule has 0 spiro atoms. The third kappa shape index (κ3) is 5.17. The number of aromatic amines is 1. The van der Waals surface area contributed by atoms with E-state index in [9.17, 15) is 4.79 Å². The average molecular weight is 361 g/mol. The van der Waals surface area contributed by atoms with Gasteiger partial charge in [-0.1, -0.05) is 33.6 Å². The van der Waals surface area contributed by atoms with Gasteiger partial charge in [-0.05, 0) is 45.4 Å². The quantitative estimate of drug-likeness (QED) is 0.588. The molecule has 0 bridgehead atoms. The molecule has 5 heteroatoms. The molecule has 1 unspecified atom stereocenters. The number of aromatic nitrogens is 1. The largest absolute Gasteiger partial charge is 0.462 e. The number of hydrogen-bond donors (Lipinski definition) is 1. The molecule has 0 fully saturated rings. The number of hydrogen-bond acceptors (Lipinski definition) is 2. The van der Waals surface area contributed by atoms with Crippen molar-refractivity contribution in [3.05, 3.63) is 35.0 Å². The second-order valence-corrected chi connectivity index (χ2v) is 7.19. The van der Waals surface area contributed by atoms with Crippen LogP contribution in [0.15, 0.2) is 24.4 Å². The molecule has 1 N–H and O–H groups in total. The fourth-order valence-corrected chi connectivity index (χ4v) is 2.15. The Bertz CT molecular complexity index is 573. The van der Waals surface area contributed by atoms with Crippen molar-refractivity contribution in [2.75, 3.05) is 0 Å². The summed E-state index contributed by atoms with van der Waals surface area (Å²) in [5, 5.41) is 2.00. The van der Waals surface area contributed by atoms with Crippen LogP contribution < -0.4 is 0 Å². The fourth-order valence-electron chi connectivity index (χ4n) is 1.59. The first-order chi connectivity index (χ1) is 9.24. The Labute approximate surface area is 132 Å². The summed E-state index contributed by atoms with van der Waals surface area (Å²) < 4.78 is 4.55. The zero-order valence-corrected chi connectivity index (χ0v) is 14.4. The van der Waals surface area contributed by atoms with Crippen LogP contribution >= 0.6 is 27.5 Å². The van der Waals surface area contributed by atoms with E-state index in [2.05, 4.69) is 32.6 Å². The second kappa shape index (κ2) is 7.14. The lowest BCUT2D eigenvalue weighted by molar-refractivity contribution is -0.138. The number of nitrogens with one attached hydrogen (secondary N) is 1. The second-order valence-electron chi connectivity index (χ2n) is 5.38. The van der Waals surface area contributed by atoms with Crippen molar-refractivity contribution in [1.82, 2.24) is 4.98 Å². The molecule has 20 heavy (non-hydrogen) atoms. The smallest absolute Gasteiger partial charge is 0.293 e. The number of carbonyl (C=O) groups is 1. The Morgan fingerprint density at radius 2 is 2.05 bits per heavy atom.